The number of hydrogen-bond donors (Lipinski definition) is 1. The normalized spacial score (nSPS) is 12.8. The van der Waals surface area contributed by atoms with Crippen LogP contribution in [-0.4, -0.2) is 29.1 Å². The van der Waals surface area contributed by atoms with Crippen LogP contribution in [0.2, 0.25) is 0 Å². The second-order valence-electron chi connectivity index (χ2n) is 6.25. The van der Waals surface area contributed by atoms with E-state index in [9.17, 15) is 0 Å². The van der Waals surface area contributed by atoms with Gasteiger partial charge in [0.15, 0.2) is 5.84 Å². The van der Waals surface area contributed by atoms with Crippen molar-refractivity contribution in [2.45, 2.75) is 25.8 Å². The SMILES string of the molecule is C=C/C=C\C[C@H](CC)N(C)/C(Cl)=N\C(=N)c1cccc(-c2ccccc2)c1. The summed E-state index contributed by atoms with van der Waals surface area (Å²) in [6.07, 6.45) is 7.54. The highest BCUT2D eigenvalue weighted by Crippen LogP contribution is 2.20. The first-order valence-corrected chi connectivity index (χ1v) is 9.43. The average molecular weight is 380 g/mol. The Bertz CT molecular complexity index is 825. The van der Waals surface area contributed by atoms with Crippen molar-refractivity contribution < 1.29 is 0 Å². The molecule has 2 rings (SSSR count). The van der Waals surface area contributed by atoms with Crippen molar-refractivity contribution in [3.63, 3.8) is 0 Å². The Hall–Kier alpha value is -2.65. The number of aliphatic imine (C=N–C) groups is 1. The van der Waals surface area contributed by atoms with E-state index in [0.29, 0.717) is 5.29 Å². The lowest BCUT2D eigenvalue weighted by molar-refractivity contribution is 0.362. The van der Waals surface area contributed by atoms with Crippen molar-refractivity contribution >= 4 is 22.7 Å². The molecule has 0 fully saturated rings. The second-order valence-corrected chi connectivity index (χ2v) is 6.59. The molecule has 0 aliphatic carbocycles. The molecule has 27 heavy (non-hydrogen) atoms. The van der Waals surface area contributed by atoms with Crippen LogP contribution in [0.3, 0.4) is 0 Å². The molecule has 0 unspecified atom stereocenters. The van der Waals surface area contributed by atoms with E-state index in [-0.39, 0.29) is 11.9 Å². The Morgan fingerprint density at radius 1 is 1.19 bits per heavy atom. The molecule has 4 heteroatoms. The van der Waals surface area contributed by atoms with Crippen molar-refractivity contribution in [3.8, 4) is 11.1 Å². The van der Waals surface area contributed by atoms with Gasteiger partial charge >= 0.3 is 0 Å². The largest absolute Gasteiger partial charge is 0.347 e. The van der Waals surface area contributed by atoms with Gasteiger partial charge in [-0.15, -0.1) is 0 Å². The molecule has 0 aromatic heterocycles. The van der Waals surface area contributed by atoms with E-state index in [1.807, 2.05) is 60.5 Å². The minimum atomic E-state index is 0.154. The first-order chi connectivity index (χ1) is 13.1. The van der Waals surface area contributed by atoms with Crippen LogP contribution in [0.5, 0.6) is 0 Å². The minimum absolute atomic E-state index is 0.154. The van der Waals surface area contributed by atoms with Gasteiger partial charge in [-0.3, -0.25) is 5.41 Å². The van der Waals surface area contributed by atoms with Gasteiger partial charge in [0.05, 0.1) is 0 Å². The van der Waals surface area contributed by atoms with Crippen LogP contribution in [0.25, 0.3) is 11.1 Å². The number of nitrogens with zero attached hydrogens (tertiary/aromatic N) is 2. The van der Waals surface area contributed by atoms with Gasteiger partial charge in [-0.1, -0.05) is 80.3 Å². The highest BCUT2D eigenvalue weighted by atomic mass is 35.5. The summed E-state index contributed by atoms with van der Waals surface area (Å²) in [6.45, 7) is 5.80. The summed E-state index contributed by atoms with van der Waals surface area (Å²) in [5, 5.41) is 8.68. The van der Waals surface area contributed by atoms with Crippen LogP contribution in [0.15, 0.2) is 84.4 Å². The molecule has 3 nitrogen and oxygen atoms in total. The molecule has 0 aliphatic heterocycles. The molecule has 0 aliphatic rings. The summed E-state index contributed by atoms with van der Waals surface area (Å²) in [5.41, 5.74) is 2.90. The van der Waals surface area contributed by atoms with Crippen LogP contribution < -0.4 is 0 Å². The highest BCUT2D eigenvalue weighted by Gasteiger charge is 2.15. The fraction of sp³-hybridized carbons (Fsp3) is 0.217. The zero-order valence-electron chi connectivity index (χ0n) is 15.9. The Morgan fingerprint density at radius 3 is 2.56 bits per heavy atom. The van der Waals surface area contributed by atoms with E-state index in [1.165, 1.54) is 0 Å². The van der Waals surface area contributed by atoms with Crippen molar-refractivity contribution in [2.75, 3.05) is 7.05 Å². The van der Waals surface area contributed by atoms with Crippen LogP contribution in [-0.2, 0) is 0 Å². The van der Waals surface area contributed by atoms with E-state index < -0.39 is 0 Å². The zero-order chi connectivity index (χ0) is 19.6. The molecule has 1 N–H and O–H groups in total. The van der Waals surface area contributed by atoms with Gasteiger partial charge in [0.1, 0.15) is 0 Å². The second kappa shape index (κ2) is 10.5. The molecule has 0 bridgehead atoms. The maximum absolute atomic E-state index is 8.35. The lowest BCUT2D eigenvalue weighted by atomic mass is 10.0. The number of nitrogens with one attached hydrogen (secondary N) is 1. The van der Waals surface area contributed by atoms with Gasteiger partial charge in [0, 0.05) is 18.7 Å². The third-order valence-corrected chi connectivity index (χ3v) is 4.79. The maximum atomic E-state index is 8.35. The topological polar surface area (TPSA) is 39.5 Å². The number of rotatable bonds is 7. The number of benzene rings is 2. The molecule has 0 spiro atoms. The van der Waals surface area contributed by atoms with Gasteiger partial charge in [-0.05, 0) is 41.6 Å². The molecular weight excluding hydrogens is 354 g/mol. The quantitative estimate of drug-likeness (QED) is 0.268. The Morgan fingerprint density at radius 2 is 1.89 bits per heavy atom. The fourth-order valence-electron chi connectivity index (χ4n) is 2.79. The summed E-state index contributed by atoms with van der Waals surface area (Å²) in [5.74, 6) is 0.154. The van der Waals surface area contributed by atoms with E-state index in [2.05, 4.69) is 36.7 Å². The molecule has 0 saturated heterocycles. The monoisotopic (exact) mass is 379 g/mol. The lowest BCUT2D eigenvalue weighted by Gasteiger charge is -2.26. The molecular formula is C23H26ClN3. The van der Waals surface area contributed by atoms with Crippen molar-refractivity contribution in [3.05, 3.63) is 85.0 Å². The van der Waals surface area contributed by atoms with Crippen LogP contribution in [0.4, 0.5) is 0 Å². The number of hydrogen-bond acceptors (Lipinski definition) is 1. The minimum Gasteiger partial charge on any atom is -0.347 e. The summed E-state index contributed by atoms with van der Waals surface area (Å²) in [6, 6.07) is 18.1. The first-order valence-electron chi connectivity index (χ1n) is 9.05. The van der Waals surface area contributed by atoms with Gasteiger partial charge < -0.3 is 4.90 Å². The molecule has 0 heterocycles. The van der Waals surface area contributed by atoms with Crippen LogP contribution >= 0.6 is 11.6 Å². The Balaban J connectivity index is 2.17. The molecule has 140 valence electrons. The Kier molecular flexibility index (Phi) is 8.02. The van der Waals surface area contributed by atoms with E-state index in [0.717, 1.165) is 29.5 Å². The summed E-state index contributed by atoms with van der Waals surface area (Å²) in [7, 11) is 1.91. The van der Waals surface area contributed by atoms with E-state index in [4.69, 9.17) is 17.0 Å². The standard InChI is InChI=1S/C23H26ClN3/c1-4-6-8-16-21(5-2)27(3)23(24)26-22(25)20-15-11-14-19(17-20)18-12-9-7-10-13-18/h4,6-15,17,21,25H,1,5,16H2,2-3H3/b8-6-,25-22?,26-23-/t21-/m0/s1. The zero-order valence-corrected chi connectivity index (χ0v) is 16.7. The third-order valence-electron chi connectivity index (χ3n) is 4.44. The summed E-state index contributed by atoms with van der Waals surface area (Å²) < 4.78 is 0. The molecule has 0 saturated carbocycles. The van der Waals surface area contributed by atoms with Crippen molar-refractivity contribution in [1.29, 1.82) is 5.41 Å². The first kappa shape index (κ1) is 20.7. The number of halogens is 1. The van der Waals surface area contributed by atoms with Crippen LogP contribution in [0.1, 0.15) is 25.3 Å². The highest BCUT2D eigenvalue weighted by molar-refractivity contribution is 6.65. The third kappa shape index (κ3) is 5.93. The van der Waals surface area contributed by atoms with Crippen LogP contribution in [0, 0.1) is 5.41 Å². The van der Waals surface area contributed by atoms with Gasteiger partial charge in [-0.25, -0.2) is 4.99 Å². The smallest absolute Gasteiger partial charge is 0.200 e. The van der Waals surface area contributed by atoms with E-state index in [1.54, 1.807) is 6.08 Å². The van der Waals surface area contributed by atoms with E-state index >= 15 is 0 Å². The van der Waals surface area contributed by atoms with Crippen molar-refractivity contribution in [1.82, 2.24) is 4.90 Å². The van der Waals surface area contributed by atoms with Gasteiger partial charge in [-0.2, -0.15) is 0 Å². The predicted octanol–water partition coefficient (Wildman–Crippen LogP) is 6.12. The Labute approximate surface area is 167 Å². The molecule has 2 aromatic carbocycles. The fourth-order valence-corrected chi connectivity index (χ4v) is 3.02. The maximum Gasteiger partial charge on any atom is 0.200 e. The molecule has 0 amide bonds. The average Bonchev–Trinajstić information content (AvgIpc) is 2.71. The van der Waals surface area contributed by atoms with Gasteiger partial charge in [0.25, 0.3) is 0 Å². The number of allylic oxidation sites excluding steroid dienone is 2. The van der Waals surface area contributed by atoms with Crippen molar-refractivity contribution in [2.24, 2.45) is 4.99 Å². The summed E-state index contributed by atoms with van der Waals surface area (Å²) in [4.78, 5) is 6.25. The molecule has 2 aromatic rings. The lowest BCUT2D eigenvalue weighted by Crippen LogP contribution is -2.34. The predicted molar refractivity (Wildman–Crippen MR) is 118 cm³/mol. The summed E-state index contributed by atoms with van der Waals surface area (Å²) >= 11 is 6.41. The van der Waals surface area contributed by atoms with Gasteiger partial charge in [0.2, 0.25) is 5.29 Å². The molecule has 1 atom stereocenters. The molecule has 0 radical (unpaired) electrons. The number of amidine groups is 2.